The lowest BCUT2D eigenvalue weighted by molar-refractivity contribution is 0.0342. The van der Waals surface area contributed by atoms with E-state index in [0.29, 0.717) is 5.56 Å². The highest BCUT2D eigenvalue weighted by atomic mass is 16.5. The molecule has 0 saturated carbocycles. The van der Waals surface area contributed by atoms with Crippen molar-refractivity contribution in [2.45, 2.75) is 26.8 Å². The first-order chi connectivity index (χ1) is 15.0. The SMILES string of the molecule is Cc1ccc(-c2cc(C(=O)N[C@H](C)CN3CCOCC3)cc(-n3cnnn3)c2C)cc1. The molecule has 3 aromatic rings. The molecule has 1 fully saturated rings. The van der Waals surface area contributed by atoms with Crippen LogP contribution in [0.4, 0.5) is 0 Å². The summed E-state index contributed by atoms with van der Waals surface area (Å²) in [5.41, 5.74) is 5.60. The van der Waals surface area contributed by atoms with E-state index in [4.69, 9.17) is 4.74 Å². The van der Waals surface area contributed by atoms with Gasteiger partial charge >= 0.3 is 0 Å². The van der Waals surface area contributed by atoms with Crippen LogP contribution in [0, 0.1) is 13.8 Å². The Kier molecular flexibility index (Phi) is 6.39. The Hall–Kier alpha value is -3.10. The molecule has 0 radical (unpaired) electrons. The number of amides is 1. The summed E-state index contributed by atoms with van der Waals surface area (Å²) < 4.78 is 7.00. The Labute approximate surface area is 182 Å². The van der Waals surface area contributed by atoms with Crippen LogP contribution >= 0.6 is 0 Å². The predicted octanol–water partition coefficient (Wildman–Crippen LogP) is 2.40. The molecule has 31 heavy (non-hydrogen) atoms. The molecule has 1 saturated heterocycles. The second-order valence-electron chi connectivity index (χ2n) is 8.08. The lowest BCUT2D eigenvalue weighted by atomic mass is 9.95. The number of benzene rings is 2. The molecule has 0 unspecified atom stereocenters. The van der Waals surface area contributed by atoms with Gasteiger partial charge in [-0.1, -0.05) is 29.8 Å². The van der Waals surface area contributed by atoms with Crippen LogP contribution in [-0.2, 0) is 4.74 Å². The van der Waals surface area contributed by atoms with Crippen LogP contribution in [0.3, 0.4) is 0 Å². The van der Waals surface area contributed by atoms with E-state index in [9.17, 15) is 4.79 Å². The van der Waals surface area contributed by atoms with Gasteiger partial charge in [-0.25, -0.2) is 4.68 Å². The minimum atomic E-state index is -0.108. The van der Waals surface area contributed by atoms with Gasteiger partial charge in [-0.15, -0.1) is 5.10 Å². The highest BCUT2D eigenvalue weighted by Gasteiger charge is 2.19. The van der Waals surface area contributed by atoms with E-state index in [-0.39, 0.29) is 11.9 Å². The number of carbonyl (C=O) groups excluding carboxylic acids is 1. The van der Waals surface area contributed by atoms with Gasteiger partial charge in [0.1, 0.15) is 6.33 Å². The molecule has 4 rings (SSSR count). The molecule has 0 aliphatic carbocycles. The van der Waals surface area contributed by atoms with Gasteiger partial charge in [0, 0.05) is 31.2 Å². The molecule has 1 aromatic heterocycles. The molecule has 162 valence electrons. The average molecular weight is 421 g/mol. The summed E-state index contributed by atoms with van der Waals surface area (Å²) >= 11 is 0. The van der Waals surface area contributed by atoms with Crippen molar-refractivity contribution in [3.8, 4) is 16.8 Å². The Morgan fingerprint density at radius 3 is 2.58 bits per heavy atom. The summed E-state index contributed by atoms with van der Waals surface area (Å²) in [7, 11) is 0. The third-order valence-corrected chi connectivity index (χ3v) is 5.61. The number of nitrogens with one attached hydrogen (secondary N) is 1. The van der Waals surface area contributed by atoms with E-state index < -0.39 is 0 Å². The van der Waals surface area contributed by atoms with Gasteiger partial charge in [0.15, 0.2) is 0 Å². The summed E-state index contributed by atoms with van der Waals surface area (Å²) in [4.78, 5) is 15.5. The number of rotatable bonds is 6. The molecular weight excluding hydrogens is 392 g/mol. The van der Waals surface area contributed by atoms with Crippen LogP contribution in [-0.4, -0.2) is 69.9 Å². The molecule has 0 spiro atoms. The molecule has 1 atom stereocenters. The zero-order valence-electron chi connectivity index (χ0n) is 18.2. The average Bonchev–Trinajstić information content (AvgIpc) is 3.30. The quantitative estimate of drug-likeness (QED) is 0.659. The van der Waals surface area contributed by atoms with Crippen molar-refractivity contribution in [3.05, 3.63) is 59.4 Å². The zero-order chi connectivity index (χ0) is 21.8. The number of nitrogens with zero attached hydrogens (tertiary/aromatic N) is 5. The van der Waals surface area contributed by atoms with Gasteiger partial charge in [0.25, 0.3) is 5.91 Å². The van der Waals surface area contributed by atoms with Crippen molar-refractivity contribution >= 4 is 5.91 Å². The smallest absolute Gasteiger partial charge is 0.251 e. The number of aryl methyl sites for hydroxylation is 1. The van der Waals surface area contributed by atoms with Crippen molar-refractivity contribution in [2.24, 2.45) is 0 Å². The number of ether oxygens (including phenoxy) is 1. The molecule has 1 amide bonds. The van der Waals surface area contributed by atoms with Crippen LogP contribution in [0.1, 0.15) is 28.4 Å². The molecule has 0 bridgehead atoms. The maximum atomic E-state index is 13.2. The van der Waals surface area contributed by atoms with E-state index in [1.807, 2.05) is 26.0 Å². The van der Waals surface area contributed by atoms with E-state index >= 15 is 0 Å². The summed E-state index contributed by atoms with van der Waals surface area (Å²) in [6.07, 6.45) is 1.55. The fourth-order valence-electron chi connectivity index (χ4n) is 3.90. The molecule has 8 nitrogen and oxygen atoms in total. The van der Waals surface area contributed by atoms with E-state index in [1.165, 1.54) is 5.56 Å². The van der Waals surface area contributed by atoms with Gasteiger partial charge in [0.05, 0.1) is 18.9 Å². The Balaban J connectivity index is 1.63. The lowest BCUT2D eigenvalue weighted by Crippen LogP contribution is -2.46. The monoisotopic (exact) mass is 420 g/mol. The van der Waals surface area contributed by atoms with Gasteiger partial charge < -0.3 is 10.1 Å². The number of hydrogen-bond donors (Lipinski definition) is 1. The maximum absolute atomic E-state index is 13.2. The predicted molar refractivity (Wildman–Crippen MR) is 118 cm³/mol. The molecular formula is C23H28N6O2. The van der Waals surface area contributed by atoms with Crippen molar-refractivity contribution < 1.29 is 9.53 Å². The Morgan fingerprint density at radius 1 is 1.16 bits per heavy atom. The molecule has 1 aliphatic rings. The minimum absolute atomic E-state index is 0.0196. The summed E-state index contributed by atoms with van der Waals surface area (Å²) in [5.74, 6) is -0.108. The van der Waals surface area contributed by atoms with Crippen LogP contribution in [0.25, 0.3) is 16.8 Å². The number of tetrazole rings is 1. The Morgan fingerprint density at radius 2 is 1.90 bits per heavy atom. The summed E-state index contributed by atoms with van der Waals surface area (Å²) in [5, 5.41) is 14.7. The maximum Gasteiger partial charge on any atom is 0.251 e. The zero-order valence-corrected chi connectivity index (χ0v) is 18.2. The van der Waals surface area contributed by atoms with Crippen LogP contribution in [0.2, 0.25) is 0 Å². The number of carbonyl (C=O) groups is 1. The van der Waals surface area contributed by atoms with Gasteiger partial charge in [-0.05, 0) is 60.0 Å². The first kappa shape index (κ1) is 21.1. The number of morpholine rings is 1. The van der Waals surface area contributed by atoms with Gasteiger partial charge in [-0.2, -0.15) is 0 Å². The van der Waals surface area contributed by atoms with Crippen molar-refractivity contribution in [3.63, 3.8) is 0 Å². The second-order valence-corrected chi connectivity index (χ2v) is 8.08. The molecule has 2 heterocycles. The Bertz CT molecular complexity index is 1030. The van der Waals surface area contributed by atoms with Crippen molar-refractivity contribution in [1.82, 2.24) is 30.4 Å². The van der Waals surface area contributed by atoms with Crippen molar-refractivity contribution in [2.75, 3.05) is 32.8 Å². The van der Waals surface area contributed by atoms with Crippen LogP contribution < -0.4 is 5.32 Å². The van der Waals surface area contributed by atoms with Crippen LogP contribution in [0.15, 0.2) is 42.7 Å². The lowest BCUT2D eigenvalue weighted by Gasteiger charge is -2.29. The highest BCUT2D eigenvalue weighted by Crippen LogP contribution is 2.29. The van der Waals surface area contributed by atoms with E-state index in [1.54, 1.807) is 11.0 Å². The second kappa shape index (κ2) is 9.36. The molecule has 8 heteroatoms. The minimum Gasteiger partial charge on any atom is -0.379 e. The highest BCUT2D eigenvalue weighted by molar-refractivity contribution is 5.97. The first-order valence-electron chi connectivity index (χ1n) is 10.6. The van der Waals surface area contributed by atoms with Gasteiger partial charge in [-0.3, -0.25) is 9.69 Å². The fourth-order valence-corrected chi connectivity index (χ4v) is 3.90. The third kappa shape index (κ3) is 4.98. The van der Waals surface area contributed by atoms with E-state index in [0.717, 1.165) is 55.2 Å². The summed E-state index contributed by atoms with van der Waals surface area (Å²) in [6.45, 7) is 10.2. The molecule has 2 aromatic carbocycles. The topological polar surface area (TPSA) is 85.2 Å². The molecule has 1 aliphatic heterocycles. The molecule has 1 N–H and O–H groups in total. The fraction of sp³-hybridized carbons (Fsp3) is 0.391. The normalized spacial score (nSPS) is 15.6. The standard InChI is InChI=1S/C23H28N6O2/c1-16-4-6-19(7-5-16)21-12-20(13-22(18(21)3)29-15-24-26-27-29)23(30)25-17(2)14-28-8-10-31-11-9-28/h4-7,12-13,15,17H,8-11,14H2,1-3H3,(H,25,30)/t17-/m1/s1. The largest absolute Gasteiger partial charge is 0.379 e. The van der Waals surface area contributed by atoms with E-state index in [2.05, 4.69) is 56.9 Å². The first-order valence-corrected chi connectivity index (χ1v) is 10.6. The van der Waals surface area contributed by atoms with Crippen molar-refractivity contribution in [1.29, 1.82) is 0 Å². The van der Waals surface area contributed by atoms with Crippen LogP contribution in [0.5, 0.6) is 0 Å². The summed E-state index contributed by atoms with van der Waals surface area (Å²) in [6, 6.07) is 12.1. The number of aromatic nitrogens is 4. The third-order valence-electron chi connectivity index (χ3n) is 5.61. The number of hydrogen-bond acceptors (Lipinski definition) is 6. The van der Waals surface area contributed by atoms with Gasteiger partial charge in [0.2, 0.25) is 0 Å².